The molecule has 1 aliphatic heterocycles. The van der Waals surface area contributed by atoms with E-state index in [2.05, 4.69) is 51.8 Å². The lowest BCUT2D eigenvalue weighted by Crippen LogP contribution is -2.20. The molecule has 1 fully saturated rings. The van der Waals surface area contributed by atoms with E-state index < -0.39 is 0 Å². The Morgan fingerprint density at radius 1 is 1.31 bits per heavy atom. The topological polar surface area (TPSA) is 23.5 Å². The molecule has 0 bridgehead atoms. The standard InChI is InChI=1S/C13H18INO/c14-13-3-1-11(2-4-13)9-15-7-5-12(10-15)6-8-16/h1-4,12,16H,5-10H2. The van der Waals surface area contributed by atoms with Gasteiger partial charge < -0.3 is 5.11 Å². The van der Waals surface area contributed by atoms with E-state index in [0.29, 0.717) is 12.5 Å². The van der Waals surface area contributed by atoms with E-state index in [1.165, 1.54) is 22.1 Å². The molecule has 0 spiro atoms. The number of hydrogen-bond donors (Lipinski definition) is 1. The Morgan fingerprint density at radius 3 is 2.75 bits per heavy atom. The first-order valence-corrected chi connectivity index (χ1v) is 6.93. The van der Waals surface area contributed by atoms with Crippen molar-refractivity contribution in [1.82, 2.24) is 4.90 Å². The molecule has 0 aromatic heterocycles. The smallest absolute Gasteiger partial charge is 0.0434 e. The van der Waals surface area contributed by atoms with Gasteiger partial charge in [0.1, 0.15) is 0 Å². The fraction of sp³-hybridized carbons (Fsp3) is 0.538. The molecule has 88 valence electrons. The average molecular weight is 331 g/mol. The summed E-state index contributed by atoms with van der Waals surface area (Å²) in [6.45, 7) is 3.71. The largest absolute Gasteiger partial charge is 0.396 e. The van der Waals surface area contributed by atoms with Gasteiger partial charge in [-0.25, -0.2) is 0 Å². The second-order valence-corrected chi connectivity index (χ2v) is 5.77. The number of nitrogens with zero attached hydrogens (tertiary/aromatic N) is 1. The van der Waals surface area contributed by atoms with Crippen LogP contribution in [0.15, 0.2) is 24.3 Å². The number of likely N-dealkylation sites (tertiary alicyclic amines) is 1. The molecular formula is C13H18INO. The predicted octanol–water partition coefficient (Wildman–Crippen LogP) is 2.50. The Balaban J connectivity index is 1.84. The Labute approximate surface area is 111 Å². The molecule has 16 heavy (non-hydrogen) atoms. The van der Waals surface area contributed by atoms with Gasteiger partial charge in [-0.15, -0.1) is 0 Å². The molecule has 1 unspecified atom stereocenters. The SMILES string of the molecule is OCCC1CCN(Cc2ccc(I)cc2)C1. The third-order valence-corrected chi connectivity index (χ3v) is 3.95. The van der Waals surface area contributed by atoms with Gasteiger partial charge in [0.2, 0.25) is 0 Å². The lowest BCUT2D eigenvalue weighted by atomic mass is 10.1. The Morgan fingerprint density at radius 2 is 2.06 bits per heavy atom. The molecule has 2 nitrogen and oxygen atoms in total. The summed E-state index contributed by atoms with van der Waals surface area (Å²) in [4.78, 5) is 2.49. The van der Waals surface area contributed by atoms with E-state index in [9.17, 15) is 0 Å². The van der Waals surface area contributed by atoms with Crippen molar-refractivity contribution < 1.29 is 5.11 Å². The zero-order valence-corrected chi connectivity index (χ0v) is 11.6. The fourth-order valence-electron chi connectivity index (χ4n) is 2.32. The first kappa shape index (κ1) is 12.3. The first-order chi connectivity index (χ1) is 7.78. The van der Waals surface area contributed by atoms with Gasteiger partial charge in [-0.2, -0.15) is 0 Å². The molecule has 1 N–H and O–H groups in total. The normalized spacial score (nSPS) is 21.5. The molecule has 1 aromatic rings. The Bertz CT molecular complexity index is 325. The molecule has 1 aliphatic rings. The van der Waals surface area contributed by atoms with Crippen LogP contribution in [0.25, 0.3) is 0 Å². The van der Waals surface area contributed by atoms with Crippen LogP contribution in [0.2, 0.25) is 0 Å². The summed E-state index contributed by atoms with van der Waals surface area (Å²) in [6.07, 6.45) is 2.20. The second kappa shape index (κ2) is 5.98. The molecule has 0 amide bonds. The predicted molar refractivity (Wildman–Crippen MR) is 74.2 cm³/mol. The highest BCUT2D eigenvalue weighted by Crippen LogP contribution is 2.21. The minimum Gasteiger partial charge on any atom is -0.396 e. The van der Waals surface area contributed by atoms with Crippen molar-refractivity contribution in [3.05, 3.63) is 33.4 Å². The highest BCUT2D eigenvalue weighted by Gasteiger charge is 2.21. The molecule has 1 saturated heterocycles. The minimum atomic E-state index is 0.335. The van der Waals surface area contributed by atoms with Crippen molar-refractivity contribution in [1.29, 1.82) is 0 Å². The van der Waals surface area contributed by atoms with E-state index >= 15 is 0 Å². The van der Waals surface area contributed by atoms with Crippen LogP contribution >= 0.6 is 22.6 Å². The van der Waals surface area contributed by atoms with Gasteiger partial charge >= 0.3 is 0 Å². The number of rotatable bonds is 4. The zero-order chi connectivity index (χ0) is 11.4. The molecule has 1 atom stereocenters. The maximum Gasteiger partial charge on any atom is 0.0434 e. The molecule has 2 rings (SSSR count). The van der Waals surface area contributed by atoms with Crippen LogP contribution in [0.4, 0.5) is 0 Å². The van der Waals surface area contributed by atoms with Crippen LogP contribution in [0.1, 0.15) is 18.4 Å². The van der Waals surface area contributed by atoms with Crippen molar-refractivity contribution in [2.24, 2.45) is 5.92 Å². The third kappa shape index (κ3) is 3.43. The van der Waals surface area contributed by atoms with Crippen molar-refractivity contribution in [3.63, 3.8) is 0 Å². The van der Waals surface area contributed by atoms with Gasteiger partial charge in [-0.1, -0.05) is 12.1 Å². The van der Waals surface area contributed by atoms with Crippen LogP contribution in [0.3, 0.4) is 0 Å². The summed E-state index contributed by atoms with van der Waals surface area (Å²) in [7, 11) is 0. The van der Waals surface area contributed by atoms with Crippen LogP contribution in [-0.2, 0) is 6.54 Å². The molecule has 0 aliphatic carbocycles. The highest BCUT2D eigenvalue weighted by molar-refractivity contribution is 14.1. The van der Waals surface area contributed by atoms with E-state index in [1.807, 2.05) is 0 Å². The second-order valence-electron chi connectivity index (χ2n) is 4.53. The van der Waals surface area contributed by atoms with Gasteiger partial charge in [-0.05, 0) is 65.6 Å². The first-order valence-electron chi connectivity index (χ1n) is 5.85. The molecule has 0 radical (unpaired) electrons. The van der Waals surface area contributed by atoms with E-state index in [0.717, 1.165) is 19.5 Å². The van der Waals surface area contributed by atoms with Gasteiger partial charge in [0.25, 0.3) is 0 Å². The minimum absolute atomic E-state index is 0.335. The van der Waals surface area contributed by atoms with Crippen LogP contribution in [-0.4, -0.2) is 29.7 Å². The van der Waals surface area contributed by atoms with Crippen LogP contribution < -0.4 is 0 Å². The fourth-order valence-corrected chi connectivity index (χ4v) is 2.68. The number of halogens is 1. The van der Waals surface area contributed by atoms with E-state index in [-0.39, 0.29) is 0 Å². The Kier molecular flexibility index (Phi) is 4.61. The molecule has 1 aromatic carbocycles. The van der Waals surface area contributed by atoms with Crippen molar-refractivity contribution in [3.8, 4) is 0 Å². The summed E-state index contributed by atoms with van der Waals surface area (Å²) >= 11 is 2.33. The summed E-state index contributed by atoms with van der Waals surface area (Å²) in [5, 5.41) is 8.91. The number of benzene rings is 1. The maximum absolute atomic E-state index is 8.91. The van der Waals surface area contributed by atoms with Gasteiger partial charge in [-0.3, -0.25) is 4.90 Å². The lowest BCUT2D eigenvalue weighted by molar-refractivity contribution is 0.249. The maximum atomic E-state index is 8.91. The molecular weight excluding hydrogens is 313 g/mol. The highest BCUT2D eigenvalue weighted by atomic mass is 127. The number of aliphatic hydroxyl groups excluding tert-OH is 1. The Hall–Kier alpha value is -0.130. The van der Waals surface area contributed by atoms with Gasteiger partial charge in [0, 0.05) is 23.3 Å². The van der Waals surface area contributed by atoms with Crippen molar-refractivity contribution >= 4 is 22.6 Å². The quantitative estimate of drug-likeness (QED) is 0.857. The van der Waals surface area contributed by atoms with Gasteiger partial charge in [0.15, 0.2) is 0 Å². The summed E-state index contributed by atoms with van der Waals surface area (Å²) in [6, 6.07) is 8.75. The van der Waals surface area contributed by atoms with E-state index in [4.69, 9.17) is 5.11 Å². The molecule has 3 heteroatoms. The molecule has 1 heterocycles. The van der Waals surface area contributed by atoms with Gasteiger partial charge in [0.05, 0.1) is 0 Å². The lowest BCUT2D eigenvalue weighted by Gasteiger charge is -2.15. The van der Waals surface area contributed by atoms with Crippen molar-refractivity contribution in [2.45, 2.75) is 19.4 Å². The number of hydrogen-bond acceptors (Lipinski definition) is 2. The summed E-state index contributed by atoms with van der Waals surface area (Å²) < 4.78 is 1.29. The average Bonchev–Trinajstić information content (AvgIpc) is 2.70. The zero-order valence-electron chi connectivity index (χ0n) is 9.40. The summed E-state index contributed by atoms with van der Waals surface area (Å²) in [5.41, 5.74) is 1.39. The molecule has 0 saturated carbocycles. The van der Waals surface area contributed by atoms with E-state index in [1.54, 1.807) is 0 Å². The third-order valence-electron chi connectivity index (χ3n) is 3.23. The van der Waals surface area contributed by atoms with Crippen LogP contribution in [0, 0.1) is 9.49 Å². The summed E-state index contributed by atoms with van der Waals surface area (Å²) in [5.74, 6) is 0.703. The van der Waals surface area contributed by atoms with Crippen molar-refractivity contribution in [2.75, 3.05) is 19.7 Å². The monoisotopic (exact) mass is 331 g/mol. The van der Waals surface area contributed by atoms with Crippen LogP contribution in [0.5, 0.6) is 0 Å². The number of aliphatic hydroxyl groups is 1.